The summed E-state index contributed by atoms with van der Waals surface area (Å²) in [4.78, 5) is 0.261. The fraction of sp³-hybridized carbons (Fsp3) is 0.500. The molecular weight excluding hydrogens is 240 g/mol. The largest absolute Gasteiger partial charge is 0.486 e. The van der Waals surface area contributed by atoms with Gasteiger partial charge in [-0.25, -0.2) is 8.42 Å². The molecule has 5 heteroatoms. The van der Waals surface area contributed by atoms with E-state index in [1.807, 2.05) is 0 Å². The van der Waals surface area contributed by atoms with Crippen molar-refractivity contribution in [3.05, 3.63) is 18.2 Å². The number of benzene rings is 1. The molecule has 1 aromatic carbocycles. The minimum Gasteiger partial charge on any atom is -0.486 e. The molecule has 94 valence electrons. The van der Waals surface area contributed by atoms with E-state index in [0.717, 1.165) is 12.8 Å². The summed E-state index contributed by atoms with van der Waals surface area (Å²) in [5, 5.41) is 0. The number of hydrogen-bond donors (Lipinski definition) is 0. The molecule has 1 aliphatic heterocycles. The van der Waals surface area contributed by atoms with Gasteiger partial charge in [0, 0.05) is 12.3 Å². The van der Waals surface area contributed by atoms with Crippen LogP contribution in [0.1, 0.15) is 19.8 Å². The molecule has 0 aliphatic carbocycles. The van der Waals surface area contributed by atoms with Gasteiger partial charge in [-0.1, -0.05) is 13.3 Å². The Kier molecular flexibility index (Phi) is 3.28. The number of hydrogen-bond acceptors (Lipinski definition) is 4. The second kappa shape index (κ2) is 4.56. The average Bonchev–Trinajstić information content (AvgIpc) is 2.27. The third-order valence-electron chi connectivity index (χ3n) is 2.67. The lowest BCUT2D eigenvalue weighted by atomic mass is 10.2. The van der Waals surface area contributed by atoms with Crippen molar-refractivity contribution in [2.24, 2.45) is 0 Å². The van der Waals surface area contributed by atoms with Crippen LogP contribution in [0.15, 0.2) is 23.1 Å². The van der Waals surface area contributed by atoms with Crippen LogP contribution < -0.4 is 9.47 Å². The van der Waals surface area contributed by atoms with Crippen LogP contribution >= 0.6 is 0 Å². The van der Waals surface area contributed by atoms with Crippen molar-refractivity contribution in [1.29, 1.82) is 0 Å². The molecule has 0 unspecified atom stereocenters. The first-order valence-corrected chi connectivity index (χ1v) is 7.53. The van der Waals surface area contributed by atoms with Crippen molar-refractivity contribution in [2.75, 3.05) is 12.9 Å². The molecule has 1 aliphatic rings. The predicted octanol–water partition coefficient (Wildman–Crippen LogP) is 2.03. The smallest absolute Gasteiger partial charge is 0.175 e. The molecule has 0 aromatic heterocycles. The van der Waals surface area contributed by atoms with E-state index < -0.39 is 9.84 Å². The van der Waals surface area contributed by atoms with Crippen LogP contribution in [-0.2, 0) is 9.84 Å². The molecule has 1 atom stereocenters. The summed E-state index contributed by atoms with van der Waals surface area (Å²) in [6.07, 6.45) is 3.11. The highest BCUT2D eigenvalue weighted by Crippen LogP contribution is 2.34. The zero-order chi connectivity index (χ0) is 12.5. The zero-order valence-corrected chi connectivity index (χ0v) is 10.8. The van der Waals surface area contributed by atoms with Gasteiger partial charge in [-0.15, -0.1) is 0 Å². The second-order valence-corrected chi connectivity index (χ2v) is 6.24. The molecular formula is C12H16O4S. The van der Waals surface area contributed by atoms with E-state index in [1.54, 1.807) is 6.07 Å². The van der Waals surface area contributed by atoms with Crippen molar-refractivity contribution in [2.45, 2.75) is 30.8 Å². The minimum absolute atomic E-state index is 0.0160. The molecule has 0 saturated heterocycles. The fourth-order valence-corrected chi connectivity index (χ4v) is 2.43. The highest BCUT2D eigenvalue weighted by molar-refractivity contribution is 7.90. The molecule has 1 heterocycles. The van der Waals surface area contributed by atoms with Crippen LogP contribution in [0.4, 0.5) is 0 Å². The lowest BCUT2D eigenvalue weighted by molar-refractivity contribution is 0.0840. The molecule has 17 heavy (non-hydrogen) atoms. The maximum atomic E-state index is 11.4. The topological polar surface area (TPSA) is 52.6 Å². The minimum atomic E-state index is -3.20. The Hall–Kier alpha value is -1.23. The van der Waals surface area contributed by atoms with Gasteiger partial charge in [-0.05, 0) is 18.6 Å². The Morgan fingerprint density at radius 2 is 2.12 bits per heavy atom. The molecule has 0 spiro atoms. The summed E-state index contributed by atoms with van der Waals surface area (Å²) in [6, 6.07) is 4.72. The van der Waals surface area contributed by atoms with Gasteiger partial charge in [0.2, 0.25) is 0 Å². The van der Waals surface area contributed by atoms with E-state index in [4.69, 9.17) is 9.47 Å². The van der Waals surface area contributed by atoms with Crippen molar-refractivity contribution >= 4 is 9.84 Å². The SMILES string of the molecule is CCC[C@H]1COc2ccc(S(C)(=O)=O)cc2O1. The van der Waals surface area contributed by atoms with Crippen LogP contribution in [0, 0.1) is 0 Å². The van der Waals surface area contributed by atoms with E-state index in [2.05, 4.69) is 6.92 Å². The van der Waals surface area contributed by atoms with Crippen molar-refractivity contribution in [3.8, 4) is 11.5 Å². The standard InChI is InChI=1S/C12H16O4S/c1-3-4-9-8-15-11-6-5-10(17(2,13)14)7-12(11)16-9/h5-7,9H,3-4,8H2,1-2H3/t9-/m0/s1. The molecule has 1 aromatic rings. The van der Waals surface area contributed by atoms with Crippen LogP contribution in [0.3, 0.4) is 0 Å². The first-order valence-electron chi connectivity index (χ1n) is 5.64. The molecule has 0 bridgehead atoms. The number of ether oxygens (including phenoxy) is 2. The summed E-state index contributed by atoms with van der Waals surface area (Å²) < 4.78 is 34.1. The summed E-state index contributed by atoms with van der Waals surface area (Å²) >= 11 is 0. The van der Waals surface area contributed by atoms with E-state index in [9.17, 15) is 8.42 Å². The first-order chi connectivity index (χ1) is 8.00. The van der Waals surface area contributed by atoms with Crippen LogP contribution in [0.5, 0.6) is 11.5 Å². The lowest BCUT2D eigenvalue weighted by Crippen LogP contribution is -2.28. The summed E-state index contributed by atoms with van der Waals surface area (Å²) in [5.41, 5.74) is 0. The molecule has 0 amide bonds. The van der Waals surface area contributed by atoms with E-state index in [-0.39, 0.29) is 11.0 Å². The van der Waals surface area contributed by atoms with Crippen LogP contribution in [0.2, 0.25) is 0 Å². The van der Waals surface area contributed by atoms with Gasteiger partial charge in [0.15, 0.2) is 21.3 Å². The van der Waals surface area contributed by atoms with E-state index in [1.165, 1.54) is 18.4 Å². The fourth-order valence-electron chi connectivity index (χ4n) is 1.79. The Balaban J connectivity index is 2.29. The Bertz CT molecular complexity index is 507. The molecule has 0 saturated carbocycles. The number of fused-ring (bicyclic) bond motifs is 1. The summed E-state index contributed by atoms with van der Waals surface area (Å²) in [6.45, 7) is 2.60. The van der Waals surface area contributed by atoms with Gasteiger partial charge in [-0.2, -0.15) is 0 Å². The van der Waals surface area contributed by atoms with E-state index in [0.29, 0.717) is 18.1 Å². The Labute approximate surface area is 101 Å². The zero-order valence-electron chi connectivity index (χ0n) is 9.97. The third kappa shape index (κ3) is 2.72. The van der Waals surface area contributed by atoms with Crippen molar-refractivity contribution < 1.29 is 17.9 Å². The Morgan fingerprint density at radius 1 is 1.35 bits per heavy atom. The maximum absolute atomic E-state index is 11.4. The predicted molar refractivity (Wildman–Crippen MR) is 64.4 cm³/mol. The normalized spacial score (nSPS) is 19.1. The van der Waals surface area contributed by atoms with Gasteiger partial charge in [0.1, 0.15) is 12.7 Å². The van der Waals surface area contributed by atoms with E-state index >= 15 is 0 Å². The quantitative estimate of drug-likeness (QED) is 0.830. The number of rotatable bonds is 3. The summed E-state index contributed by atoms with van der Waals surface area (Å²) in [5.74, 6) is 1.14. The monoisotopic (exact) mass is 256 g/mol. The highest BCUT2D eigenvalue weighted by Gasteiger charge is 2.22. The van der Waals surface area contributed by atoms with Gasteiger partial charge in [0.25, 0.3) is 0 Å². The van der Waals surface area contributed by atoms with Crippen molar-refractivity contribution in [3.63, 3.8) is 0 Å². The summed E-state index contributed by atoms with van der Waals surface area (Å²) in [7, 11) is -3.20. The van der Waals surface area contributed by atoms with Gasteiger partial charge < -0.3 is 9.47 Å². The third-order valence-corrected chi connectivity index (χ3v) is 3.78. The van der Waals surface area contributed by atoms with Crippen molar-refractivity contribution in [1.82, 2.24) is 0 Å². The molecule has 2 rings (SSSR count). The lowest BCUT2D eigenvalue weighted by Gasteiger charge is -2.26. The van der Waals surface area contributed by atoms with Gasteiger partial charge in [0.05, 0.1) is 4.90 Å². The van der Waals surface area contributed by atoms with Gasteiger partial charge in [-0.3, -0.25) is 0 Å². The molecule has 4 nitrogen and oxygen atoms in total. The van der Waals surface area contributed by atoms with Crippen LogP contribution in [0.25, 0.3) is 0 Å². The molecule has 0 N–H and O–H groups in total. The van der Waals surface area contributed by atoms with Crippen LogP contribution in [-0.4, -0.2) is 27.4 Å². The highest BCUT2D eigenvalue weighted by atomic mass is 32.2. The molecule has 0 fully saturated rings. The maximum Gasteiger partial charge on any atom is 0.175 e. The number of sulfone groups is 1. The second-order valence-electron chi connectivity index (χ2n) is 4.22. The Morgan fingerprint density at radius 3 is 2.76 bits per heavy atom. The average molecular weight is 256 g/mol. The molecule has 0 radical (unpaired) electrons. The first kappa shape index (κ1) is 12.2. The van der Waals surface area contributed by atoms with Gasteiger partial charge >= 0.3 is 0 Å².